The lowest BCUT2D eigenvalue weighted by molar-refractivity contribution is -0.115. The molecule has 3 aromatic carbocycles. The van der Waals surface area contributed by atoms with Gasteiger partial charge in [-0.2, -0.15) is 0 Å². The summed E-state index contributed by atoms with van der Waals surface area (Å²) in [6, 6.07) is 18.9. The molecule has 5 nitrogen and oxygen atoms in total. The van der Waals surface area contributed by atoms with Crippen molar-refractivity contribution in [2.45, 2.75) is 25.2 Å². The topological polar surface area (TPSA) is 66.5 Å². The van der Waals surface area contributed by atoms with Gasteiger partial charge in [0.15, 0.2) is 0 Å². The van der Waals surface area contributed by atoms with Crippen molar-refractivity contribution in [3.8, 4) is 0 Å². The molecule has 0 heterocycles. The fourth-order valence-corrected chi connectivity index (χ4v) is 4.40. The van der Waals surface area contributed by atoms with Crippen LogP contribution in [0.5, 0.6) is 0 Å². The van der Waals surface area contributed by atoms with Crippen molar-refractivity contribution in [2.24, 2.45) is 0 Å². The van der Waals surface area contributed by atoms with Gasteiger partial charge < -0.3 is 5.32 Å². The number of nitrogens with zero attached hydrogens (tertiary/aromatic N) is 1. The Balaban J connectivity index is 1.69. The summed E-state index contributed by atoms with van der Waals surface area (Å²) in [5, 5.41) is 3.49. The Morgan fingerprint density at radius 3 is 2.20 bits per heavy atom. The van der Waals surface area contributed by atoms with Crippen LogP contribution in [0, 0.1) is 13.8 Å². The van der Waals surface area contributed by atoms with Crippen LogP contribution in [0.15, 0.2) is 71.6 Å². The van der Waals surface area contributed by atoms with Crippen LogP contribution in [0.1, 0.15) is 16.7 Å². The first-order valence-corrected chi connectivity index (χ1v) is 11.2. The maximum absolute atomic E-state index is 12.8. The number of anilines is 2. The third-order valence-electron chi connectivity index (χ3n) is 4.81. The number of carbonyl (C=O) groups excluding carboxylic acids is 1. The second-order valence-corrected chi connectivity index (χ2v) is 9.54. The SMILES string of the molecule is Cc1ccc(S(=O)(=O)N(C)c2ccc(CC(=O)Nc3ccc(Cl)cc3C)cc2)cc1. The Morgan fingerprint density at radius 2 is 1.60 bits per heavy atom. The van der Waals surface area contributed by atoms with E-state index in [1.54, 1.807) is 66.7 Å². The Hall–Kier alpha value is -2.83. The van der Waals surface area contributed by atoms with Gasteiger partial charge in [-0.25, -0.2) is 8.42 Å². The van der Waals surface area contributed by atoms with E-state index in [1.807, 2.05) is 13.8 Å². The summed E-state index contributed by atoms with van der Waals surface area (Å²) in [4.78, 5) is 12.6. The maximum Gasteiger partial charge on any atom is 0.264 e. The number of carbonyl (C=O) groups is 1. The van der Waals surface area contributed by atoms with E-state index in [0.29, 0.717) is 16.4 Å². The molecule has 3 aromatic rings. The number of benzene rings is 3. The Bertz CT molecular complexity index is 1160. The Kier molecular flexibility index (Phi) is 6.48. The summed E-state index contributed by atoms with van der Waals surface area (Å²) in [6.45, 7) is 3.78. The fraction of sp³-hybridized carbons (Fsp3) is 0.174. The van der Waals surface area contributed by atoms with Crippen molar-refractivity contribution >= 4 is 38.9 Å². The zero-order valence-electron chi connectivity index (χ0n) is 17.0. The van der Waals surface area contributed by atoms with Crippen molar-refractivity contribution in [1.29, 1.82) is 0 Å². The number of nitrogens with one attached hydrogen (secondary N) is 1. The molecule has 0 aliphatic rings. The molecule has 0 saturated heterocycles. The molecule has 1 N–H and O–H groups in total. The van der Waals surface area contributed by atoms with E-state index in [9.17, 15) is 13.2 Å². The third-order valence-corrected chi connectivity index (χ3v) is 6.84. The molecule has 0 saturated carbocycles. The van der Waals surface area contributed by atoms with E-state index >= 15 is 0 Å². The lowest BCUT2D eigenvalue weighted by Crippen LogP contribution is -2.26. The number of hydrogen-bond acceptors (Lipinski definition) is 3. The van der Waals surface area contributed by atoms with Crippen molar-refractivity contribution in [2.75, 3.05) is 16.7 Å². The Morgan fingerprint density at radius 1 is 0.967 bits per heavy atom. The average molecular weight is 443 g/mol. The summed E-state index contributed by atoms with van der Waals surface area (Å²) in [5.41, 5.74) is 3.89. The smallest absolute Gasteiger partial charge is 0.264 e. The molecule has 0 aromatic heterocycles. The monoisotopic (exact) mass is 442 g/mol. The molecule has 0 bridgehead atoms. The first-order valence-electron chi connectivity index (χ1n) is 9.37. The van der Waals surface area contributed by atoms with Crippen LogP contribution >= 0.6 is 11.6 Å². The number of hydrogen-bond donors (Lipinski definition) is 1. The predicted octanol–water partition coefficient (Wildman–Crippen LogP) is 4.96. The summed E-state index contributed by atoms with van der Waals surface area (Å²) >= 11 is 5.94. The highest BCUT2D eigenvalue weighted by Crippen LogP contribution is 2.23. The van der Waals surface area contributed by atoms with E-state index in [1.165, 1.54) is 11.4 Å². The molecular formula is C23H23ClN2O3S. The molecular weight excluding hydrogens is 420 g/mol. The highest BCUT2D eigenvalue weighted by molar-refractivity contribution is 7.92. The molecule has 1 amide bonds. The molecule has 0 aliphatic heterocycles. The van der Waals surface area contributed by atoms with Crippen LogP contribution < -0.4 is 9.62 Å². The Labute approximate surface area is 182 Å². The minimum absolute atomic E-state index is 0.159. The van der Waals surface area contributed by atoms with Crippen LogP contribution in [0.25, 0.3) is 0 Å². The molecule has 0 atom stereocenters. The number of aryl methyl sites for hydroxylation is 2. The third kappa shape index (κ3) is 5.01. The first kappa shape index (κ1) is 21.9. The molecule has 156 valence electrons. The molecule has 0 fully saturated rings. The fourth-order valence-electron chi connectivity index (χ4n) is 2.98. The van der Waals surface area contributed by atoms with Crippen LogP contribution in [-0.4, -0.2) is 21.4 Å². The van der Waals surface area contributed by atoms with Gasteiger partial charge in [0.1, 0.15) is 0 Å². The lowest BCUT2D eigenvalue weighted by Gasteiger charge is -2.20. The minimum atomic E-state index is -3.65. The number of sulfonamides is 1. The molecule has 0 spiro atoms. The van der Waals surface area contributed by atoms with Gasteiger partial charge in [0.2, 0.25) is 5.91 Å². The van der Waals surface area contributed by atoms with E-state index in [2.05, 4.69) is 5.32 Å². The van der Waals surface area contributed by atoms with Crippen LogP contribution in [0.3, 0.4) is 0 Å². The summed E-state index contributed by atoms with van der Waals surface area (Å²) in [5.74, 6) is -0.159. The van der Waals surface area contributed by atoms with Gasteiger partial charge in [-0.3, -0.25) is 9.10 Å². The molecule has 30 heavy (non-hydrogen) atoms. The van der Waals surface area contributed by atoms with E-state index in [-0.39, 0.29) is 17.2 Å². The van der Waals surface area contributed by atoms with Crippen LogP contribution in [0.2, 0.25) is 5.02 Å². The molecule has 0 aliphatic carbocycles. The van der Waals surface area contributed by atoms with Crippen LogP contribution in [-0.2, 0) is 21.2 Å². The van der Waals surface area contributed by atoms with Gasteiger partial charge in [0, 0.05) is 17.8 Å². The summed E-state index contributed by atoms with van der Waals surface area (Å²) < 4.78 is 26.9. The summed E-state index contributed by atoms with van der Waals surface area (Å²) in [6.07, 6.45) is 0.177. The average Bonchev–Trinajstić information content (AvgIpc) is 2.70. The molecule has 3 rings (SSSR count). The van der Waals surface area contributed by atoms with Crippen molar-refractivity contribution in [3.63, 3.8) is 0 Å². The van der Waals surface area contributed by atoms with E-state index in [0.717, 1.165) is 16.7 Å². The van der Waals surface area contributed by atoms with Gasteiger partial charge >= 0.3 is 0 Å². The zero-order chi connectivity index (χ0) is 21.9. The quantitative estimate of drug-likeness (QED) is 0.586. The normalized spacial score (nSPS) is 11.2. The standard InChI is InChI=1S/C23H23ClN2O3S/c1-16-4-11-21(12-5-16)30(28,29)26(3)20-9-6-18(7-10-20)15-23(27)25-22-13-8-19(24)14-17(22)2/h4-14H,15H2,1-3H3,(H,25,27). The van der Waals surface area contributed by atoms with Crippen molar-refractivity contribution in [1.82, 2.24) is 0 Å². The molecule has 0 radical (unpaired) electrons. The number of rotatable bonds is 6. The largest absolute Gasteiger partial charge is 0.326 e. The maximum atomic E-state index is 12.8. The van der Waals surface area contributed by atoms with Crippen LogP contribution in [0.4, 0.5) is 11.4 Å². The van der Waals surface area contributed by atoms with Gasteiger partial charge in [-0.15, -0.1) is 0 Å². The summed E-state index contributed by atoms with van der Waals surface area (Å²) in [7, 11) is -2.14. The molecule has 0 unspecified atom stereocenters. The zero-order valence-corrected chi connectivity index (χ0v) is 18.6. The van der Waals surface area contributed by atoms with Crippen molar-refractivity contribution in [3.05, 3.63) is 88.4 Å². The predicted molar refractivity (Wildman–Crippen MR) is 122 cm³/mol. The second kappa shape index (κ2) is 8.90. The van der Waals surface area contributed by atoms with Gasteiger partial charge in [0.05, 0.1) is 17.0 Å². The number of halogens is 1. The van der Waals surface area contributed by atoms with Gasteiger partial charge in [-0.05, 0) is 67.4 Å². The minimum Gasteiger partial charge on any atom is -0.326 e. The number of amides is 1. The van der Waals surface area contributed by atoms with E-state index < -0.39 is 10.0 Å². The van der Waals surface area contributed by atoms with Gasteiger partial charge in [-0.1, -0.05) is 41.4 Å². The van der Waals surface area contributed by atoms with Crippen molar-refractivity contribution < 1.29 is 13.2 Å². The highest BCUT2D eigenvalue weighted by Gasteiger charge is 2.21. The molecule has 7 heteroatoms. The highest BCUT2D eigenvalue weighted by atomic mass is 35.5. The van der Waals surface area contributed by atoms with E-state index in [4.69, 9.17) is 11.6 Å². The van der Waals surface area contributed by atoms with Gasteiger partial charge in [0.25, 0.3) is 10.0 Å². The first-order chi connectivity index (χ1) is 14.2. The lowest BCUT2D eigenvalue weighted by atomic mass is 10.1. The second-order valence-electron chi connectivity index (χ2n) is 7.14.